The lowest BCUT2D eigenvalue weighted by Gasteiger charge is -2.47. The van der Waals surface area contributed by atoms with E-state index in [2.05, 4.69) is 0 Å². The second-order valence-corrected chi connectivity index (χ2v) is 5.01. The molecule has 0 aromatic heterocycles. The molecule has 104 valence electrons. The highest BCUT2D eigenvalue weighted by Crippen LogP contribution is 2.27. The zero-order valence-electron chi connectivity index (χ0n) is 10.5. The van der Waals surface area contributed by atoms with Crippen molar-refractivity contribution in [3.05, 3.63) is 35.4 Å². The highest BCUT2D eigenvalue weighted by molar-refractivity contribution is 5.68. The first-order chi connectivity index (χ1) is 8.88. The van der Waals surface area contributed by atoms with Crippen LogP contribution < -0.4 is 0 Å². The van der Waals surface area contributed by atoms with E-state index in [4.69, 9.17) is 9.84 Å². The van der Waals surface area contributed by atoms with Crippen molar-refractivity contribution in [1.29, 1.82) is 0 Å². The Kier molecular flexibility index (Phi) is 3.82. The molecule has 4 nitrogen and oxygen atoms in total. The molecule has 0 atom stereocenters. The van der Waals surface area contributed by atoms with Gasteiger partial charge >= 0.3 is 5.97 Å². The number of hydrogen-bond acceptors (Lipinski definition) is 3. The normalized spacial score (nSPS) is 18.1. The van der Waals surface area contributed by atoms with Gasteiger partial charge in [0.2, 0.25) is 0 Å². The fraction of sp³-hybridized carbons (Fsp3) is 0.462. The average molecular weight is 271 g/mol. The van der Waals surface area contributed by atoms with Crippen LogP contribution in [0, 0.1) is 11.6 Å². The summed E-state index contributed by atoms with van der Waals surface area (Å²) < 4.78 is 31.7. The van der Waals surface area contributed by atoms with Gasteiger partial charge in [-0.1, -0.05) is 0 Å². The number of carbonyl (C=O) groups is 1. The molecule has 0 unspecified atom stereocenters. The molecule has 0 saturated carbocycles. The zero-order chi connectivity index (χ0) is 14.0. The number of hydrogen-bond donors (Lipinski definition) is 1. The van der Waals surface area contributed by atoms with Gasteiger partial charge in [-0.15, -0.1) is 0 Å². The molecule has 1 aromatic rings. The minimum atomic E-state index is -1.02. The fourth-order valence-electron chi connectivity index (χ4n) is 2.24. The molecule has 1 saturated heterocycles. The maximum Gasteiger partial charge on any atom is 0.329 e. The van der Waals surface area contributed by atoms with Crippen LogP contribution in [-0.4, -0.2) is 41.3 Å². The van der Waals surface area contributed by atoms with Gasteiger partial charge in [-0.2, -0.15) is 0 Å². The molecule has 19 heavy (non-hydrogen) atoms. The average Bonchev–Trinajstić information content (AvgIpc) is 2.29. The van der Waals surface area contributed by atoms with E-state index in [0.29, 0.717) is 18.7 Å². The predicted molar refractivity (Wildman–Crippen MR) is 63.6 cm³/mol. The lowest BCUT2D eigenvalue weighted by molar-refractivity contribution is -0.165. The molecular formula is C13H15F2NO3. The number of rotatable bonds is 5. The van der Waals surface area contributed by atoms with Crippen molar-refractivity contribution < 1.29 is 23.4 Å². The largest absolute Gasteiger partial charge is 0.480 e. The second-order valence-electron chi connectivity index (χ2n) is 5.01. The summed E-state index contributed by atoms with van der Waals surface area (Å²) in [4.78, 5) is 12.3. The molecule has 1 N–H and O–H groups in total. The molecule has 0 bridgehead atoms. The standard InChI is InChI=1S/C13H15F2NO3/c1-13(19-6-12(17)18)7-16(8-13)5-9-4-10(14)2-3-11(9)15/h2-4H,5-8H2,1H3,(H,17,18). The molecule has 1 aromatic carbocycles. The predicted octanol–water partition coefficient (Wildman–Crippen LogP) is 1.64. The molecular weight excluding hydrogens is 256 g/mol. The highest BCUT2D eigenvalue weighted by Gasteiger charge is 2.40. The number of halogens is 2. The quantitative estimate of drug-likeness (QED) is 0.884. The third-order valence-corrected chi connectivity index (χ3v) is 3.06. The van der Waals surface area contributed by atoms with Crippen LogP contribution in [0.3, 0.4) is 0 Å². The number of nitrogens with zero attached hydrogens (tertiary/aromatic N) is 1. The summed E-state index contributed by atoms with van der Waals surface area (Å²) in [7, 11) is 0. The van der Waals surface area contributed by atoms with E-state index in [1.54, 1.807) is 6.92 Å². The van der Waals surface area contributed by atoms with Gasteiger partial charge in [0.15, 0.2) is 0 Å². The SMILES string of the molecule is CC1(OCC(=O)O)CN(Cc2cc(F)ccc2F)C1. The van der Waals surface area contributed by atoms with Crippen molar-refractivity contribution in [3.63, 3.8) is 0 Å². The van der Waals surface area contributed by atoms with Crippen LogP contribution in [0.5, 0.6) is 0 Å². The van der Waals surface area contributed by atoms with Crippen molar-refractivity contribution in [3.8, 4) is 0 Å². The minimum absolute atomic E-state index is 0.287. The second kappa shape index (κ2) is 5.22. The summed E-state index contributed by atoms with van der Waals surface area (Å²) in [6, 6.07) is 3.35. The first kappa shape index (κ1) is 13.9. The van der Waals surface area contributed by atoms with Crippen molar-refractivity contribution >= 4 is 5.97 Å². The Morgan fingerprint density at radius 3 is 2.79 bits per heavy atom. The maximum absolute atomic E-state index is 13.4. The van der Waals surface area contributed by atoms with E-state index < -0.39 is 23.2 Å². The lowest BCUT2D eigenvalue weighted by Crippen LogP contribution is -2.61. The summed E-state index contributed by atoms with van der Waals surface area (Å²) in [5, 5.41) is 8.53. The summed E-state index contributed by atoms with van der Waals surface area (Å²) >= 11 is 0. The van der Waals surface area contributed by atoms with Gasteiger partial charge in [-0.05, 0) is 25.1 Å². The maximum atomic E-state index is 13.4. The summed E-state index contributed by atoms with van der Waals surface area (Å²) in [5.41, 5.74) is -0.234. The first-order valence-electron chi connectivity index (χ1n) is 5.90. The van der Waals surface area contributed by atoms with Crippen LogP contribution >= 0.6 is 0 Å². The Labute approximate surface area is 109 Å². The van der Waals surface area contributed by atoms with Crippen molar-refractivity contribution in [2.75, 3.05) is 19.7 Å². The van der Waals surface area contributed by atoms with Gasteiger partial charge in [0.05, 0.1) is 5.60 Å². The Morgan fingerprint density at radius 1 is 1.47 bits per heavy atom. The van der Waals surface area contributed by atoms with Crippen LogP contribution in [-0.2, 0) is 16.1 Å². The third kappa shape index (κ3) is 3.48. The van der Waals surface area contributed by atoms with Gasteiger partial charge < -0.3 is 9.84 Å². The monoisotopic (exact) mass is 271 g/mol. The Bertz CT molecular complexity index is 487. The smallest absolute Gasteiger partial charge is 0.329 e. The van der Waals surface area contributed by atoms with Crippen LogP contribution in [0.4, 0.5) is 8.78 Å². The highest BCUT2D eigenvalue weighted by atomic mass is 19.1. The van der Waals surface area contributed by atoms with Crippen LogP contribution in [0.25, 0.3) is 0 Å². The number of likely N-dealkylation sites (tertiary alicyclic amines) is 1. The molecule has 1 aliphatic heterocycles. The number of benzene rings is 1. The Hall–Kier alpha value is -1.53. The van der Waals surface area contributed by atoms with Gasteiger partial charge in [0, 0.05) is 25.2 Å². The number of ether oxygens (including phenoxy) is 1. The number of carboxylic acids is 1. The summed E-state index contributed by atoms with van der Waals surface area (Å²) in [6.45, 7) is 2.73. The molecule has 6 heteroatoms. The fourth-order valence-corrected chi connectivity index (χ4v) is 2.24. The summed E-state index contributed by atoms with van der Waals surface area (Å²) in [6.07, 6.45) is 0. The van der Waals surface area contributed by atoms with E-state index in [9.17, 15) is 13.6 Å². The lowest BCUT2D eigenvalue weighted by atomic mass is 9.95. The van der Waals surface area contributed by atoms with E-state index >= 15 is 0 Å². The van der Waals surface area contributed by atoms with Gasteiger partial charge in [0.25, 0.3) is 0 Å². The molecule has 0 spiro atoms. The van der Waals surface area contributed by atoms with Crippen LogP contribution in [0.2, 0.25) is 0 Å². The van der Waals surface area contributed by atoms with Gasteiger partial charge in [-0.3, -0.25) is 4.90 Å². The Balaban J connectivity index is 1.87. The van der Waals surface area contributed by atoms with Crippen molar-refractivity contribution in [2.45, 2.75) is 19.1 Å². The molecule has 1 heterocycles. The van der Waals surface area contributed by atoms with Gasteiger partial charge in [0.1, 0.15) is 18.2 Å². The van der Waals surface area contributed by atoms with E-state index in [-0.39, 0.29) is 13.2 Å². The van der Waals surface area contributed by atoms with Crippen molar-refractivity contribution in [1.82, 2.24) is 4.90 Å². The molecule has 0 aliphatic carbocycles. The molecule has 2 rings (SSSR count). The van der Waals surface area contributed by atoms with E-state index in [1.807, 2.05) is 4.90 Å². The Morgan fingerprint density at radius 2 is 2.16 bits per heavy atom. The summed E-state index contributed by atoms with van der Waals surface area (Å²) in [5.74, 6) is -1.93. The van der Waals surface area contributed by atoms with Crippen LogP contribution in [0.15, 0.2) is 18.2 Å². The van der Waals surface area contributed by atoms with E-state index in [1.165, 1.54) is 6.07 Å². The molecule has 0 radical (unpaired) electrons. The number of aliphatic carboxylic acids is 1. The number of carboxylic acid groups (broad SMARTS) is 1. The topological polar surface area (TPSA) is 49.8 Å². The van der Waals surface area contributed by atoms with E-state index in [0.717, 1.165) is 12.1 Å². The molecule has 1 fully saturated rings. The van der Waals surface area contributed by atoms with Crippen molar-refractivity contribution in [2.24, 2.45) is 0 Å². The third-order valence-electron chi connectivity index (χ3n) is 3.06. The first-order valence-corrected chi connectivity index (χ1v) is 5.90. The minimum Gasteiger partial charge on any atom is -0.480 e. The van der Waals surface area contributed by atoms with Crippen LogP contribution in [0.1, 0.15) is 12.5 Å². The zero-order valence-corrected chi connectivity index (χ0v) is 10.5. The molecule has 1 aliphatic rings. The molecule has 0 amide bonds. The van der Waals surface area contributed by atoms with Gasteiger partial charge in [-0.25, -0.2) is 13.6 Å².